The van der Waals surface area contributed by atoms with Gasteiger partial charge in [-0.2, -0.15) is 0 Å². The van der Waals surface area contributed by atoms with E-state index in [1.807, 2.05) is 0 Å². The lowest BCUT2D eigenvalue weighted by Crippen LogP contribution is -2.30. The summed E-state index contributed by atoms with van der Waals surface area (Å²) in [6.07, 6.45) is 91.2. The van der Waals surface area contributed by atoms with Gasteiger partial charge in [0.1, 0.15) is 13.2 Å². The van der Waals surface area contributed by atoms with Gasteiger partial charge in [0.05, 0.1) is 0 Å². The molecule has 0 amide bonds. The summed E-state index contributed by atoms with van der Waals surface area (Å²) in [6.45, 7) is 6.48. The molecular weight excluding hydrogens is 997 g/mol. The van der Waals surface area contributed by atoms with Crippen molar-refractivity contribution in [1.29, 1.82) is 0 Å². The number of unbranched alkanes of at least 4 members (excludes halogenated alkanes) is 42. The Kier molecular flexibility index (Phi) is 66.6. The van der Waals surface area contributed by atoms with Gasteiger partial charge in [0.15, 0.2) is 6.10 Å². The van der Waals surface area contributed by atoms with Gasteiger partial charge in [0, 0.05) is 19.3 Å². The molecule has 0 bridgehead atoms. The van der Waals surface area contributed by atoms with E-state index in [0.29, 0.717) is 19.3 Å². The Morgan fingerprint density at radius 2 is 0.506 bits per heavy atom. The number of rotatable bonds is 65. The molecular formula is C75H134O6. The third kappa shape index (κ3) is 67.5. The van der Waals surface area contributed by atoms with Crippen LogP contribution in [0.25, 0.3) is 0 Å². The molecule has 1 unspecified atom stereocenters. The Balaban J connectivity index is 4.08. The smallest absolute Gasteiger partial charge is 0.306 e. The molecule has 6 heteroatoms. The topological polar surface area (TPSA) is 78.9 Å². The minimum atomic E-state index is -0.808. The Morgan fingerprint density at radius 3 is 0.840 bits per heavy atom. The molecule has 0 rings (SSSR count). The lowest BCUT2D eigenvalue weighted by Gasteiger charge is -2.18. The van der Waals surface area contributed by atoms with Crippen molar-refractivity contribution in [3.05, 3.63) is 72.9 Å². The van der Waals surface area contributed by atoms with Crippen LogP contribution >= 0.6 is 0 Å². The number of hydrogen-bond acceptors (Lipinski definition) is 6. The molecule has 0 saturated carbocycles. The SMILES string of the molecule is CC/C=C\C/C=C\C/C=C\C/C=C\C/C=C\CCCC(=O)OC(COC(=O)CCCCCCC/C=C\CCCC)COC(=O)CCCCCCCCCCCCCCCCCCCCCCCCCCCCCCCCCCCCC. The molecule has 1 atom stereocenters. The summed E-state index contributed by atoms with van der Waals surface area (Å²) in [5.74, 6) is -0.953. The molecule has 470 valence electrons. The highest BCUT2D eigenvalue weighted by atomic mass is 16.6. The van der Waals surface area contributed by atoms with E-state index >= 15 is 0 Å². The Morgan fingerprint density at radius 1 is 0.259 bits per heavy atom. The highest BCUT2D eigenvalue weighted by Crippen LogP contribution is 2.18. The predicted molar refractivity (Wildman–Crippen MR) is 353 cm³/mol. The Labute approximate surface area is 503 Å². The summed E-state index contributed by atoms with van der Waals surface area (Å²) in [7, 11) is 0. The van der Waals surface area contributed by atoms with Crippen LogP contribution in [0, 0.1) is 0 Å². The Hall–Kier alpha value is -3.15. The molecule has 0 saturated heterocycles. The molecule has 0 fully saturated rings. The average molecular weight is 1130 g/mol. The first-order chi connectivity index (χ1) is 40.0. The van der Waals surface area contributed by atoms with E-state index in [1.165, 1.54) is 231 Å². The molecule has 81 heavy (non-hydrogen) atoms. The third-order valence-corrected chi connectivity index (χ3v) is 15.7. The maximum absolute atomic E-state index is 12.9. The van der Waals surface area contributed by atoms with Crippen LogP contribution < -0.4 is 0 Å². The van der Waals surface area contributed by atoms with E-state index in [4.69, 9.17) is 14.2 Å². The Bertz CT molecular complexity index is 1490. The molecule has 0 aliphatic heterocycles. The van der Waals surface area contributed by atoms with Crippen LogP contribution in [0.15, 0.2) is 72.9 Å². The fraction of sp³-hybridized carbons (Fsp3) is 0.800. The zero-order chi connectivity index (χ0) is 58.5. The molecule has 0 aromatic carbocycles. The van der Waals surface area contributed by atoms with Crippen molar-refractivity contribution in [3.63, 3.8) is 0 Å². The number of carbonyl (C=O) groups is 3. The molecule has 6 nitrogen and oxygen atoms in total. The van der Waals surface area contributed by atoms with Gasteiger partial charge in [0.2, 0.25) is 0 Å². The second-order valence-electron chi connectivity index (χ2n) is 23.8. The van der Waals surface area contributed by atoms with Crippen molar-refractivity contribution in [3.8, 4) is 0 Å². The summed E-state index contributed by atoms with van der Waals surface area (Å²) in [6, 6.07) is 0. The lowest BCUT2D eigenvalue weighted by molar-refractivity contribution is -0.167. The highest BCUT2D eigenvalue weighted by molar-refractivity contribution is 5.71. The standard InChI is InChI=1S/C75H134O6/c1-4-7-10-13-16-19-22-24-26-28-29-30-31-32-33-34-35-36-37-38-39-40-41-42-43-44-45-47-48-50-53-56-59-62-65-68-74(77)80-71-72(70-79-73(76)67-64-61-58-55-52-21-18-15-12-9-6-3)81-75(78)69-66-63-60-57-54-51-49-46-27-25-23-20-17-14-11-8-5-2/h8,11,15,17-18,20,25,27,49,51,57,60,72H,4-7,9-10,12-14,16,19,21-24,26,28-48,50,52-56,58-59,61-71H2,1-3H3/b11-8-,18-15-,20-17-,27-25-,51-49-,60-57-. The van der Waals surface area contributed by atoms with E-state index in [0.717, 1.165) is 89.9 Å². The van der Waals surface area contributed by atoms with Crippen molar-refractivity contribution in [1.82, 2.24) is 0 Å². The van der Waals surface area contributed by atoms with Crippen LogP contribution in [0.1, 0.15) is 367 Å². The highest BCUT2D eigenvalue weighted by Gasteiger charge is 2.19. The first kappa shape index (κ1) is 77.9. The summed E-state index contributed by atoms with van der Waals surface area (Å²) in [5, 5.41) is 0. The maximum Gasteiger partial charge on any atom is 0.306 e. The minimum absolute atomic E-state index is 0.0980. The summed E-state index contributed by atoms with van der Waals surface area (Å²) < 4.78 is 16.9. The number of esters is 3. The fourth-order valence-electron chi connectivity index (χ4n) is 10.4. The number of ether oxygens (including phenoxy) is 3. The summed E-state index contributed by atoms with van der Waals surface area (Å²) in [5.41, 5.74) is 0. The molecule has 0 aromatic rings. The molecule has 0 spiro atoms. The van der Waals surface area contributed by atoms with Crippen LogP contribution in [-0.4, -0.2) is 37.2 Å². The molecule has 0 aliphatic carbocycles. The van der Waals surface area contributed by atoms with Crippen molar-refractivity contribution in [2.24, 2.45) is 0 Å². The molecule has 0 aromatic heterocycles. The number of carbonyl (C=O) groups excluding carboxylic acids is 3. The quantitative estimate of drug-likeness (QED) is 0.0261. The van der Waals surface area contributed by atoms with Crippen LogP contribution in [0.5, 0.6) is 0 Å². The zero-order valence-electron chi connectivity index (χ0n) is 54.1. The van der Waals surface area contributed by atoms with Crippen molar-refractivity contribution in [2.75, 3.05) is 13.2 Å². The van der Waals surface area contributed by atoms with Gasteiger partial charge in [-0.3, -0.25) is 14.4 Å². The minimum Gasteiger partial charge on any atom is -0.462 e. The molecule has 0 radical (unpaired) electrons. The normalized spacial score (nSPS) is 12.5. The van der Waals surface area contributed by atoms with E-state index in [-0.39, 0.29) is 37.5 Å². The van der Waals surface area contributed by atoms with E-state index in [9.17, 15) is 14.4 Å². The van der Waals surface area contributed by atoms with Gasteiger partial charge in [-0.1, -0.05) is 344 Å². The van der Waals surface area contributed by atoms with Gasteiger partial charge < -0.3 is 14.2 Å². The van der Waals surface area contributed by atoms with Crippen LogP contribution in [0.4, 0.5) is 0 Å². The third-order valence-electron chi connectivity index (χ3n) is 15.7. The molecule has 0 aliphatic rings. The van der Waals surface area contributed by atoms with Crippen LogP contribution in [0.3, 0.4) is 0 Å². The van der Waals surface area contributed by atoms with Crippen molar-refractivity contribution in [2.45, 2.75) is 374 Å². The lowest BCUT2D eigenvalue weighted by atomic mass is 10.0. The van der Waals surface area contributed by atoms with Crippen LogP contribution in [0.2, 0.25) is 0 Å². The number of allylic oxidation sites excluding steroid dienone is 12. The zero-order valence-corrected chi connectivity index (χ0v) is 54.1. The molecule has 0 N–H and O–H groups in total. The van der Waals surface area contributed by atoms with Gasteiger partial charge >= 0.3 is 17.9 Å². The average Bonchev–Trinajstić information content (AvgIpc) is 3.47. The fourth-order valence-corrected chi connectivity index (χ4v) is 10.4. The summed E-state index contributed by atoms with van der Waals surface area (Å²) in [4.78, 5) is 38.2. The molecule has 0 heterocycles. The second-order valence-corrected chi connectivity index (χ2v) is 23.8. The van der Waals surface area contributed by atoms with Crippen molar-refractivity contribution >= 4 is 17.9 Å². The first-order valence-electron chi connectivity index (χ1n) is 35.4. The summed E-state index contributed by atoms with van der Waals surface area (Å²) >= 11 is 0. The maximum atomic E-state index is 12.9. The van der Waals surface area contributed by atoms with Gasteiger partial charge in [0.25, 0.3) is 0 Å². The number of hydrogen-bond donors (Lipinski definition) is 0. The monoisotopic (exact) mass is 1130 g/mol. The van der Waals surface area contributed by atoms with Crippen molar-refractivity contribution < 1.29 is 28.6 Å². The predicted octanol–water partition coefficient (Wildman–Crippen LogP) is 24.4. The van der Waals surface area contributed by atoms with Gasteiger partial charge in [-0.15, -0.1) is 0 Å². The van der Waals surface area contributed by atoms with Gasteiger partial charge in [-0.25, -0.2) is 0 Å². The van der Waals surface area contributed by atoms with Gasteiger partial charge in [-0.05, 0) is 77.0 Å². The largest absolute Gasteiger partial charge is 0.462 e. The van der Waals surface area contributed by atoms with E-state index in [1.54, 1.807) is 0 Å². The van der Waals surface area contributed by atoms with Crippen LogP contribution in [-0.2, 0) is 28.6 Å². The van der Waals surface area contributed by atoms with E-state index < -0.39 is 6.10 Å². The second kappa shape index (κ2) is 69.3. The first-order valence-corrected chi connectivity index (χ1v) is 35.4. The van der Waals surface area contributed by atoms with E-state index in [2.05, 4.69) is 93.7 Å².